The molecule has 0 bridgehead atoms. The van der Waals surface area contributed by atoms with Gasteiger partial charge in [-0.1, -0.05) is 78.0 Å². The molecule has 3 N–H and O–H groups in total. The lowest BCUT2D eigenvalue weighted by atomic mass is 9.73. The van der Waals surface area contributed by atoms with Crippen LogP contribution < -0.4 is 10.6 Å². The van der Waals surface area contributed by atoms with Crippen LogP contribution in [0.15, 0.2) is 48.7 Å². The minimum Gasteiger partial charge on any atom is -0.461 e. The molecule has 3 aliphatic rings. The Hall–Kier alpha value is -4.97. The number of alkyl carbamates (subject to hydrolysis) is 2. The van der Waals surface area contributed by atoms with Gasteiger partial charge in [-0.25, -0.2) is 9.59 Å². The number of carbonyl (C=O) groups excluding carboxylic acids is 5. The zero-order valence-electron chi connectivity index (χ0n) is 39.8. The molecule has 3 saturated heterocycles. The summed E-state index contributed by atoms with van der Waals surface area (Å²) in [4.78, 5) is 71.5. The van der Waals surface area contributed by atoms with Gasteiger partial charge in [0, 0.05) is 42.1 Å². The number of aliphatic hydroxyl groups excluding tert-OH is 1. The number of aromatic nitrogens is 2. The lowest BCUT2D eigenvalue weighted by molar-refractivity contribution is -0.298. The van der Waals surface area contributed by atoms with Crippen molar-refractivity contribution >= 4 is 36.0 Å². The van der Waals surface area contributed by atoms with Crippen LogP contribution in [0.3, 0.4) is 0 Å². The van der Waals surface area contributed by atoms with Crippen molar-refractivity contribution in [2.24, 2.45) is 29.6 Å². The summed E-state index contributed by atoms with van der Waals surface area (Å²) < 4.78 is 37.7. The lowest BCUT2D eigenvalue weighted by Gasteiger charge is -2.48. The van der Waals surface area contributed by atoms with E-state index in [9.17, 15) is 29.1 Å². The number of benzene rings is 1. The van der Waals surface area contributed by atoms with E-state index in [2.05, 4.69) is 20.8 Å². The van der Waals surface area contributed by atoms with Crippen LogP contribution in [-0.2, 0) is 42.8 Å². The van der Waals surface area contributed by atoms with Crippen molar-refractivity contribution in [3.8, 4) is 11.3 Å². The monoisotopic (exact) mass is 907 g/mol. The van der Waals surface area contributed by atoms with Crippen LogP contribution >= 0.6 is 0 Å². The van der Waals surface area contributed by atoms with Gasteiger partial charge in [0.1, 0.15) is 35.8 Å². The van der Waals surface area contributed by atoms with Crippen molar-refractivity contribution in [3.63, 3.8) is 0 Å². The number of ether oxygens (including phenoxy) is 6. The minimum absolute atomic E-state index is 0.0515. The molecule has 3 aliphatic heterocycles. The van der Waals surface area contributed by atoms with E-state index in [0.29, 0.717) is 6.42 Å². The largest absolute Gasteiger partial charge is 0.461 e. The summed E-state index contributed by atoms with van der Waals surface area (Å²) >= 11 is 0. The Kier molecular flexibility index (Phi) is 16.9. The third kappa shape index (κ3) is 11.9. The number of ketones is 1. The van der Waals surface area contributed by atoms with Gasteiger partial charge < -0.3 is 49.1 Å². The van der Waals surface area contributed by atoms with Crippen molar-refractivity contribution in [2.45, 2.75) is 149 Å². The molecule has 17 nitrogen and oxygen atoms in total. The highest BCUT2D eigenvalue weighted by molar-refractivity contribution is 5.85. The summed E-state index contributed by atoms with van der Waals surface area (Å²) in [7, 11) is 3.67. The van der Waals surface area contributed by atoms with Gasteiger partial charge in [-0.15, -0.1) is 0 Å². The summed E-state index contributed by atoms with van der Waals surface area (Å²) in [6, 6.07) is 10.0. The van der Waals surface area contributed by atoms with E-state index in [4.69, 9.17) is 28.4 Å². The second-order valence-corrected chi connectivity index (χ2v) is 18.9. The third-order valence-corrected chi connectivity index (χ3v) is 13.1. The van der Waals surface area contributed by atoms with Crippen molar-refractivity contribution in [1.29, 1.82) is 0 Å². The van der Waals surface area contributed by atoms with Crippen LogP contribution in [-0.4, -0.2) is 131 Å². The number of fused-ring (bicyclic) bond motifs is 1. The number of hydrogen-bond acceptors (Lipinski definition) is 15. The average Bonchev–Trinajstić information content (AvgIpc) is 3.58. The molecule has 14 atom stereocenters. The van der Waals surface area contributed by atoms with Gasteiger partial charge >= 0.3 is 24.1 Å². The van der Waals surface area contributed by atoms with Crippen molar-refractivity contribution in [3.05, 3.63) is 54.2 Å². The van der Waals surface area contributed by atoms with Gasteiger partial charge in [0.2, 0.25) is 0 Å². The lowest BCUT2D eigenvalue weighted by Crippen LogP contribution is -2.61. The first-order valence-corrected chi connectivity index (χ1v) is 22.7. The number of hydrogen-bond donors (Lipinski definition) is 3. The fourth-order valence-corrected chi connectivity index (χ4v) is 9.51. The predicted molar refractivity (Wildman–Crippen MR) is 240 cm³/mol. The molecule has 17 heteroatoms. The Morgan fingerprint density at radius 2 is 1.74 bits per heavy atom. The summed E-state index contributed by atoms with van der Waals surface area (Å²) in [6.07, 6.45) is -2.25. The van der Waals surface area contributed by atoms with E-state index in [1.807, 2.05) is 68.4 Å². The highest BCUT2D eigenvalue weighted by Gasteiger charge is 2.58. The Balaban J connectivity index is 1.56. The normalized spacial score (nSPS) is 34.8. The van der Waals surface area contributed by atoms with Crippen LogP contribution in [0.2, 0.25) is 0 Å². The first-order chi connectivity index (χ1) is 30.6. The molecular weight excluding hydrogens is 839 g/mol. The number of esters is 2. The SMILES string of the molecule is CC[C@H]1OC(=O)[C@H](C)[C@@H](OC(=O)C(C)C)[C@H](C)[C@@H](O[C@@H]2O[C@H](C)C[C@H](N(C)C)[C@H]2O)[C@](C)(OC(=O)NCC=Cc2ccc(-c3cccnn3)cc2)C[C@@H](C)C(=O)[C@H](C)[C@H]2NC(=O)O[C@@]21C. The summed E-state index contributed by atoms with van der Waals surface area (Å²) in [6.45, 7) is 16.9. The van der Waals surface area contributed by atoms with Crippen LogP contribution in [0, 0.1) is 29.6 Å². The van der Waals surface area contributed by atoms with Crippen molar-refractivity contribution < 1.29 is 57.5 Å². The molecule has 1 aromatic heterocycles. The van der Waals surface area contributed by atoms with E-state index in [0.717, 1.165) is 16.8 Å². The number of nitrogens with one attached hydrogen (secondary N) is 2. The second kappa shape index (κ2) is 21.6. The van der Waals surface area contributed by atoms with Gasteiger partial charge in [-0.2, -0.15) is 10.2 Å². The summed E-state index contributed by atoms with van der Waals surface area (Å²) in [5.74, 6) is -6.13. The van der Waals surface area contributed by atoms with E-state index in [1.165, 1.54) is 0 Å². The molecule has 1 aromatic carbocycles. The van der Waals surface area contributed by atoms with E-state index in [1.54, 1.807) is 74.6 Å². The quantitative estimate of drug-likeness (QED) is 0.182. The molecule has 2 amide bonds. The minimum atomic E-state index is -1.74. The van der Waals surface area contributed by atoms with Crippen LogP contribution in [0.4, 0.5) is 9.59 Å². The Morgan fingerprint density at radius 3 is 2.35 bits per heavy atom. The molecule has 2 aromatic rings. The van der Waals surface area contributed by atoms with E-state index >= 15 is 0 Å². The second-order valence-electron chi connectivity index (χ2n) is 18.9. The Morgan fingerprint density at radius 1 is 1.05 bits per heavy atom. The molecule has 65 heavy (non-hydrogen) atoms. The van der Waals surface area contributed by atoms with Crippen molar-refractivity contribution in [1.82, 2.24) is 25.7 Å². The zero-order chi connectivity index (χ0) is 48.0. The highest BCUT2D eigenvalue weighted by Crippen LogP contribution is 2.42. The first-order valence-electron chi connectivity index (χ1n) is 22.7. The molecule has 358 valence electrons. The topological polar surface area (TPSA) is 214 Å². The molecular formula is C48H69N5O12. The number of aliphatic hydroxyl groups is 1. The summed E-state index contributed by atoms with van der Waals surface area (Å²) in [5.41, 5.74) is -0.699. The fourth-order valence-electron chi connectivity index (χ4n) is 9.51. The maximum absolute atomic E-state index is 14.6. The zero-order valence-corrected chi connectivity index (χ0v) is 39.8. The third-order valence-electron chi connectivity index (χ3n) is 13.1. The van der Waals surface area contributed by atoms with Gasteiger partial charge in [0.15, 0.2) is 11.9 Å². The Bertz CT molecular complexity index is 2000. The van der Waals surface area contributed by atoms with Crippen LogP contribution in [0.1, 0.15) is 94.1 Å². The number of Topliss-reactive ketones (excluding diaryl/α,β-unsaturated/α-hetero) is 1. The van der Waals surface area contributed by atoms with Gasteiger partial charge in [-0.3, -0.25) is 14.4 Å². The van der Waals surface area contributed by atoms with Crippen molar-refractivity contribution in [2.75, 3.05) is 20.6 Å². The molecule has 0 aliphatic carbocycles. The smallest absolute Gasteiger partial charge is 0.408 e. The molecule has 4 heterocycles. The number of carbonyl (C=O) groups is 5. The highest BCUT2D eigenvalue weighted by atomic mass is 16.7. The van der Waals surface area contributed by atoms with Gasteiger partial charge in [0.25, 0.3) is 0 Å². The van der Waals surface area contributed by atoms with Crippen LogP contribution in [0.5, 0.6) is 0 Å². The van der Waals surface area contributed by atoms with Gasteiger partial charge in [-0.05, 0) is 78.7 Å². The van der Waals surface area contributed by atoms with E-state index in [-0.39, 0.29) is 31.3 Å². The maximum atomic E-state index is 14.6. The molecule has 0 radical (unpaired) electrons. The number of amides is 2. The molecule has 3 fully saturated rings. The average molecular weight is 908 g/mol. The summed E-state index contributed by atoms with van der Waals surface area (Å²) in [5, 5.41) is 25.4. The molecule has 0 unspecified atom stereocenters. The predicted octanol–water partition coefficient (Wildman–Crippen LogP) is 5.73. The molecule has 0 spiro atoms. The maximum Gasteiger partial charge on any atom is 0.408 e. The number of rotatable bonds is 11. The fraction of sp³-hybridized carbons (Fsp3) is 0.646. The van der Waals surface area contributed by atoms with E-state index < -0.39 is 108 Å². The molecule has 5 rings (SSSR count). The molecule has 0 saturated carbocycles. The number of likely N-dealkylation sites (N-methyl/N-ethyl adjacent to an activating group) is 1. The standard InChI is InChI=1S/C48H69N5O12/c1-13-36-48(10)40(51-46(59)65-48)29(6)37(54)27(4)25-47(9,64-45(58)49-22-14-16-32-18-20-33(21-19-32)34-17-15-23-50-52-34)41(63-44-38(55)35(53(11)12)24-28(5)60-44)30(7)39(31(8)43(57)61-36)62-42(56)26(2)3/h14-21,23,26-31,35-36,38-41,44,55H,13,22,24-25H2,1-12H3,(H,49,58)(H,51,59)/t27-,28-,29+,30+,31-,35+,36-,38-,39+,40-,41-,44+,47-,48-/m1/s1. The number of nitrogens with zero attached hydrogens (tertiary/aromatic N) is 3. The van der Waals surface area contributed by atoms with Gasteiger partial charge in [0.05, 0.1) is 29.7 Å². The number of cyclic esters (lactones) is 1. The van der Waals surface area contributed by atoms with Crippen LogP contribution in [0.25, 0.3) is 17.3 Å². The Labute approximate surface area is 382 Å². The first kappa shape index (κ1) is 51.0.